The Morgan fingerprint density at radius 2 is 1.81 bits per heavy atom. The molecule has 0 spiro atoms. The summed E-state index contributed by atoms with van der Waals surface area (Å²) in [6.45, 7) is 4.34. The molecule has 0 aromatic heterocycles. The van der Waals surface area contributed by atoms with E-state index in [-0.39, 0.29) is 29.9 Å². The summed E-state index contributed by atoms with van der Waals surface area (Å²) in [6, 6.07) is 15.8. The molecule has 0 saturated carbocycles. The average Bonchev–Trinajstić information content (AvgIpc) is 2.77. The van der Waals surface area contributed by atoms with Crippen LogP contribution in [0, 0.1) is 0 Å². The van der Waals surface area contributed by atoms with E-state index in [9.17, 15) is 4.79 Å². The Bertz CT molecular complexity index is 897. The van der Waals surface area contributed by atoms with Gasteiger partial charge in [0.05, 0.1) is 10.7 Å². The highest BCUT2D eigenvalue weighted by Gasteiger charge is 2.20. The van der Waals surface area contributed by atoms with Gasteiger partial charge in [0.2, 0.25) is 0 Å². The number of benzene rings is 2. The largest absolute Gasteiger partial charge is 0.367 e. The van der Waals surface area contributed by atoms with Crippen molar-refractivity contribution in [2.75, 3.05) is 58.8 Å². The lowest BCUT2D eigenvalue weighted by atomic mass is 10.1. The van der Waals surface area contributed by atoms with Crippen molar-refractivity contribution in [3.05, 3.63) is 64.7 Å². The summed E-state index contributed by atoms with van der Waals surface area (Å²) in [6.07, 6.45) is 0.827. The quantitative estimate of drug-likeness (QED) is 0.348. The predicted octanol–water partition coefficient (Wildman–Crippen LogP) is 3.60. The van der Waals surface area contributed by atoms with Crippen molar-refractivity contribution in [1.82, 2.24) is 15.1 Å². The lowest BCUT2D eigenvalue weighted by molar-refractivity contribution is 0.0827. The van der Waals surface area contributed by atoms with Gasteiger partial charge in [-0.2, -0.15) is 0 Å². The Morgan fingerprint density at radius 1 is 1.10 bits per heavy atom. The second kappa shape index (κ2) is 12.1. The number of carbonyl (C=O) groups is 1. The van der Waals surface area contributed by atoms with E-state index in [0.29, 0.717) is 0 Å². The van der Waals surface area contributed by atoms with Crippen molar-refractivity contribution < 1.29 is 4.79 Å². The van der Waals surface area contributed by atoms with Crippen LogP contribution in [0.1, 0.15) is 15.9 Å². The van der Waals surface area contributed by atoms with Crippen LogP contribution < -0.4 is 10.2 Å². The maximum absolute atomic E-state index is 12.2. The van der Waals surface area contributed by atoms with Gasteiger partial charge in [0.25, 0.3) is 5.91 Å². The van der Waals surface area contributed by atoms with E-state index in [2.05, 4.69) is 32.2 Å². The Hall–Kier alpha value is -2.00. The third kappa shape index (κ3) is 6.74. The van der Waals surface area contributed by atoms with E-state index in [1.165, 1.54) is 0 Å². The van der Waals surface area contributed by atoms with Crippen molar-refractivity contribution in [2.45, 2.75) is 6.42 Å². The molecule has 6 nitrogen and oxygen atoms in total. The number of halogens is 2. The molecule has 8 heteroatoms. The Kier molecular flexibility index (Phi) is 9.90. The molecule has 1 saturated heterocycles. The van der Waals surface area contributed by atoms with Gasteiger partial charge in [0.1, 0.15) is 0 Å². The zero-order valence-corrected chi connectivity index (χ0v) is 21.4. The fraction of sp³-hybridized carbons (Fsp3) is 0.391. The fourth-order valence-corrected chi connectivity index (χ4v) is 3.89. The molecule has 0 aliphatic carbocycles. The lowest BCUT2D eigenvalue weighted by Gasteiger charge is -2.38. The number of nitrogens with one attached hydrogen (secondary N) is 1. The molecule has 1 N–H and O–H groups in total. The van der Waals surface area contributed by atoms with Gasteiger partial charge >= 0.3 is 0 Å². The fourth-order valence-electron chi connectivity index (χ4n) is 3.64. The first-order chi connectivity index (χ1) is 14.5. The second-order valence-corrected chi connectivity index (χ2v) is 7.96. The molecule has 1 aliphatic rings. The SMILES string of the molecule is CN=C(NCCc1cccc(C(=O)N(C)C)c1)N1CCN(c2ccccc2Cl)CC1.I. The van der Waals surface area contributed by atoms with Gasteiger partial charge in [-0.05, 0) is 36.2 Å². The molecule has 1 heterocycles. The van der Waals surface area contributed by atoms with Crippen molar-refractivity contribution in [3.63, 3.8) is 0 Å². The molecule has 2 aromatic rings. The molecule has 1 fully saturated rings. The molecule has 168 valence electrons. The van der Waals surface area contributed by atoms with Crippen molar-refractivity contribution in [2.24, 2.45) is 4.99 Å². The van der Waals surface area contributed by atoms with Crippen molar-refractivity contribution >= 4 is 53.1 Å². The number of amides is 1. The number of nitrogens with zero attached hydrogens (tertiary/aromatic N) is 4. The number of rotatable bonds is 5. The van der Waals surface area contributed by atoms with Crippen LogP contribution in [-0.4, -0.2) is 75.5 Å². The van der Waals surface area contributed by atoms with Crippen LogP contribution in [-0.2, 0) is 6.42 Å². The summed E-state index contributed by atoms with van der Waals surface area (Å²) in [5.41, 5.74) is 2.95. The first-order valence-corrected chi connectivity index (χ1v) is 10.6. The monoisotopic (exact) mass is 555 g/mol. The van der Waals surface area contributed by atoms with Gasteiger partial charge in [-0.15, -0.1) is 24.0 Å². The molecule has 0 radical (unpaired) electrons. The smallest absolute Gasteiger partial charge is 0.253 e. The predicted molar refractivity (Wildman–Crippen MR) is 140 cm³/mol. The number of hydrogen-bond donors (Lipinski definition) is 1. The molecular formula is C23H31ClIN5O. The van der Waals surface area contributed by atoms with Gasteiger partial charge < -0.3 is 20.0 Å². The molecule has 1 amide bonds. The molecular weight excluding hydrogens is 525 g/mol. The highest BCUT2D eigenvalue weighted by Crippen LogP contribution is 2.26. The maximum atomic E-state index is 12.2. The minimum atomic E-state index is 0. The van der Waals surface area contributed by atoms with Crippen molar-refractivity contribution in [3.8, 4) is 0 Å². The van der Waals surface area contributed by atoms with E-state index in [1.807, 2.05) is 43.4 Å². The van der Waals surface area contributed by atoms with Crippen LogP contribution in [0.15, 0.2) is 53.5 Å². The Morgan fingerprint density at radius 3 is 2.45 bits per heavy atom. The molecule has 31 heavy (non-hydrogen) atoms. The number of aliphatic imine (C=N–C) groups is 1. The van der Waals surface area contributed by atoms with Crippen LogP contribution >= 0.6 is 35.6 Å². The molecule has 1 aliphatic heterocycles. The lowest BCUT2D eigenvalue weighted by Crippen LogP contribution is -2.52. The van der Waals surface area contributed by atoms with Crippen LogP contribution in [0.3, 0.4) is 0 Å². The second-order valence-electron chi connectivity index (χ2n) is 7.55. The first-order valence-electron chi connectivity index (χ1n) is 10.2. The summed E-state index contributed by atoms with van der Waals surface area (Å²) >= 11 is 6.34. The molecule has 0 atom stereocenters. The topological polar surface area (TPSA) is 51.2 Å². The van der Waals surface area contributed by atoms with E-state index in [1.54, 1.807) is 19.0 Å². The Labute approximate surface area is 207 Å². The molecule has 0 unspecified atom stereocenters. The summed E-state index contributed by atoms with van der Waals surface area (Å²) < 4.78 is 0. The Balaban J connectivity index is 0.00000341. The number of anilines is 1. The average molecular weight is 556 g/mol. The van der Waals surface area contributed by atoms with E-state index < -0.39 is 0 Å². The number of guanidine groups is 1. The number of para-hydroxylation sites is 1. The summed E-state index contributed by atoms with van der Waals surface area (Å²) in [5, 5.41) is 4.26. The molecule has 3 rings (SSSR count). The van der Waals surface area contributed by atoms with Crippen molar-refractivity contribution in [1.29, 1.82) is 0 Å². The molecule has 2 aromatic carbocycles. The zero-order valence-electron chi connectivity index (χ0n) is 18.3. The van der Waals surface area contributed by atoms with Crippen LogP contribution in [0.4, 0.5) is 5.69 Å². The van der Waals surface area contributed by atoms with Gasteiger partial charge in [-0.3, -0.25) is 9.79 Å². The summed E-state index contributed by atoms with van der Waals surface area (Å²) in [4.78, 5) is 22.8. The standard InChI is InChI=1S/C23H30ClN5O.HI/c1-25-23(26-12-11-18-7-6-8-19(17-18)22(30)27(2)3)29-15-13-28(14-16-29)21-10-5-4-9-20(21)24;/h4-10,17H,11-16H2,1-3H3,(H,25,26);1H. The highest BCUT2D eigenvalue weighted by atomic mass is 127. The van der Waals surface area contributed by atoms with Gasteiger partial charge in [0, 0.05) is 59.4 Å². The van der Waals surface area contributed by atoms with Gasteiger partial charge in [-0.25, -0.2) is 0 Å². The molecule has 0 bridgehead atoms. The zero-order chi connectivity index (χ0) is 21.5. The third-order valence-corrected chi connectivity index (χ3v) is 5.58. The summed E-state index contributed by atoms with van der Waals surface area (Å²) in [5.74, 6) is 0.936. The van der Waals surface area contributed by atoms with E-state index in [4.69, 9.17) is 11.6 Å². The third-order valence-electron chi connectivity index (χ3n) is 5.26. The van der Waals surface area contributed by atoms with Gasteiger partial charge in [0.15, 0.2) is 5.96 Å². The van der Waals surface area contributed by atoms with Gasteiger partial charge in [-0.1, -0.05) is 35.9 Å². The van der Waals surface area contributed by atoms with Crippen LogP contribution in [0.2, 0.25) is 5.02 Å². The highest BCUT2D eigenvalue weighted by molar-refractivity contribution is 14.0. The minimum absolute atomic E-state index is 0. The first kappa shape index (κ1) is 25.3. The number of hydrogen-bond acceptors (Lipinski definition) is 3. The van der Waals surface area contributed by atoms with E-state index >= 15 is 0 Å². The van der Waals surface area contributed by atoms with Crippen LogP contribution in [0.5, 0.6) is 0 Å². The van der Waals surface area contributed by atoms with E-state index in [0.717, 1.165) is 66.9 Å². The minimum Gasteiger partial charge on any atom is -0.367 e. The maximum Gasteiger partial charge on any atom is 0.253 e. The van der Waals surface area contributed by atoms with Crippen LogP contribution in [0.25, 0.3) is 0 Å². The number of carbonyl (C=O) groups excluding carboxylic acids is 1. The number of piperazine rings is 1. The normalized spacial score (nSPS) is 14.1. The summed E-state index contributed by atoms with van der Waals surface area (Å²) in [7, 11) is 5.36.